The molecule has 3 aliphatic heterocycles. The number of likely N-dealkylation sites (tertiary alicyclic amines) is 1. The van der Waals surface area contributed by atoms with Crippen molar-refractivity contribution in [3.8, 4) is 0 Å². The van der Waals surface area contributed by atoms with Gasteiger partial charge in [0, 0.05) is 25.2 Å². The summed E-state index contributed by atoms with van der Waals surface area (Å²) in [6.45, 7) is 15.9. The molecule has 2 bridgehead atoms. The largest absolute Gasteiger partial charge is 0.465 e. The highest BCUT2D eigenvalue weighted by Gasteiger charge is 2.78. The maximum Gasteiger partial charge on any atom is 0.312 e. The molecule has 3 aliphatic rings. The number of hydrogen-bond acceptors (Lipinski definition) is 6. The number of allylic oxidation sites excluding steroid dienone is 1. The van der Waals surface area contributed by atoms with Gasteiger partial charge in [0.05, 0.1) is 18.1 Å². The quantitative estimate of drug-likeness (QED) is 0.257. The van der Waals surface area contributed by atoms with Gasteiger partial charge in [0.25, 0.3) is 0 Å². The van der Waals surface area contributed by atoms with Crippen molar-refractivity contribution in [3.05, 3.63) is 25.3 Å². The van der Waals surface area contributed by atoms with Crippen LogP contribution in [0.1, 0.15) is 66.2 Å². The Kier molecular flexibility index (Phi) is 8.16. The summed E-state index contributed by atoms with van der Waals surface area (Å²) in [7, 11) is 0. The first-order valence-electron chi connectivity index (χ1n) is 12.8. The summed E-state index contributed by atoms with van der Waals surface area (Å²) in [5.41, 5.74) is -2.45. The summed E-state index contributed by atoms with van der Waals surface area (Å²) in [5.74, 6) is -2.45. The van der Waals surface area contributed by atoms with Crippen molar-refractivity contribution in [1.29, 1.82) is 0 Å². The van der Waals surface area contributed by atoms with Crippen LogP contribution in [0.15, 0.2) is 25.3 Å². The molecule has 1 N–H and O–H groups in total. The molecular formula is C27H42N2O6. The van der Waals surface area contributed by atoms with E-state index in [2.05, 4.69) is 13.2 Å². The molecule has 0 aromatic rings. The minimum absolute atomic E-state index is 0.104. The van der Waals surface area contributed by atoms with Gasteiger partial charge in [0.15, 0.2) is 0 Å². The first-order chi connectivity index (χ1) is 16.5. The van der Waals surface area contributed by atoms with E-state index < -0.39 is 40.6 Å². The van der Waals surface area contributed by atoms with Crippen molar-refractivity contribution >= 4 is 17.8 Å². The first kappa shape index (κ1) is 27.4. The van der Waals surface area contributed by atoms with Crippen LogP contribution in [-0.2, 0) is 23.9 Å². The van der Waals surface area contributed by atoms with Crippen molar-refractivity contribution < 1.29 is 29.0 Å². The van der Waals surface area contributed by atoms with E-state index >= 15 is 0 Å². The number of carbonyl (C=O) groups excluding carboxylic acids is 3. The third kappa shape index (κ3) is 4.79. The zero-order valence-corrected chi connectivity index (χ0v) is 21.8. The van der Waals surface area contributed by atoms with Gasteiger partial charge in [-0.2, -0.15) is 0 Å². The van der Waals surface area contributed by atoms with E-state index in [0.29, 0.717) is 25.8 Å². The predicted molar refractivity (Wildman–Crippen MR) is 132 cm³/mol. The molecule has 2 unspecified atom stereocenters. The molecule has 8 nitrogen and oxygen atoms in total. The lowest BCUT2D eigenvalue weighted by molar-refractivity contribution is -0.161. The molecule has 3 rings (SSSR count). The van der Waals surface area contributed by atoms with Gasteiger partial charge in [-0.05, 0) is 66.2 Å². The van der Waals surface area contributed by atoms with Gasteiger partial charge in [-0.1, -0.05) is 12.2 Å². The van der Waals surface area contributed by atoms with Crippen molar-refractivity contribution in [1.82, 2.24) is 9.80 Å². The topological polar surface area (TPSA) is 96.4 Å². The fourth-order valence-corrected chi connectivity index (χ4v) is 6.17. The molecule has 0 aromatic heterocycles. The van der Waals surface area contributed by atoms with Gasteiger partial charge >= 0.3 is 5.97 Å². The Morgan fingerprint density at radius 1 is 1.23 bits per heavy atom. The molecule has 3 heterocycles. The monoisotopic (exact) mass is 490 g/mol. The predicted octanol–water partition coefficient (Wildman–Crippen LogP) is 2.85. The number of amides is 2. The van der Waals surface area contributed by atoms with Crippen LogP contribution >= 0.6 is 0 Å². The lowest BCUT2D eigenvalue weighted by atomic mass is 9.66. The Balaban J connectivity index is 1.96. The number of fused-ring (bicyclic) bond motifs is 1. The first-order valence-corrected chi connectivity index (χ1v) is 12.8. The third-order valence-electron chi connectivity index (χ3n) is 7.76. The van der Waals surface area contributed by atoms with E-state index in [1.54, 1.807) is 15.9 Å². The molecule has 3 fully saturated rings. The lowest BCUT2D eigenvalue weighted by Gasteiger charge is -2.42. The Morgan fingerprint density at radius 2 is 1.94 bits per heavy atom. The van der Waals surface area contributed by atoms with E-state index in [-0.39, 0.29) is 31.6 Å². The molecule has 5 atom stereocenters. The van der Waals surface area contributed by atoms with Gasteiger partial charge < -0.3 is 24.4 Å². The van der Waals surface area contributed by atoms with Crippen LogP contribution in [0.3, 0.4) is 0 Å². The van der Waals surface area contributed by atoms with E-state index in [0.717, 1.165) is 19.3 Å². The number of aliphatic hydroxyl groups is 1. The van der Waals surface area contributed by atoms with Gasteiger partial charge in [-0.3, -0.25) is 14.4 Å². The van der Waals surface area contributed by atoms with E-state index in [1.165, 1.54) is 0 Å². The number of esters is 1. The number of hydrogen-bond donors (Lipinski definition) is 1. The molecule has 0 aromatic carbocycles. The van der Waals surface area contributed by atoms with E-state index in [4.69, 9.17) is 9.47 Å². The highest BCUT2D eigenvalue weighted by atomic mass is 16.6. The summed E-state index contributed by atoms with van der Waals surface area (Å²) >= 11 is 0. The molecule has 2 amide bonds. The van der Waals surface area contributed by atoms with Crippen molar-refractivity contribution in [3.63, 3.8) is 0 Å². The normalized spacial score (nSPS) is 31.4. The highest BCUT2D eigenvalue weighted by molar-refractivity contribution is 5.98. The van der Waals surface area contributed by atoms with Gasteiger partial charge in [-0.15, -0.1) is 13.2 Å². The summed E-state index contributed by atoms with van der Waals surface area (Å²) in [6.07, 6.45) is 7.38. The van der Waals surface area contributed by atoms with E-state index in [9.17, 15) is 19.5 Å². The molecule has 196 valence electrons. The Bertz CT molecular complexity index is 851. The smallest absolute Gasteiger partial charge is 0.312 e. The number of rotatable bonds is 12. The van der Waals surface area contributed by atoms with Gasteiger partial charge in [-0.25, -0.2) is 0 Å². The zero-order chi connectivity index (χ0) is 26.0. The number of nitrogens with zero attached hydrogens (tertiary/aromatic N) is 2. The van der Waals surface area contributed by atoms with Crippen molar-refractivity contribution in [2.45, 2.75) is 89.0 Å². The van der Waals surface area contributed by atoms with Gasteiger partial charge in [0.2, 0.25) is 11.8 Å². The molecule has 3 saturated heterocycles. The van der Waals surface area contributed by atoms with Crippen LogP contribution < -0.4 is 0 Å². The Hall–Kier alpha value is -2.19. The SMILES string of the molecule is C=CCCCCOC(=O)[C@@H]1[C@H]2C(=O)N(CCCO)C(C(=O)N(CC=C)C(C)(C)C)C23CC[C@@]1(C)O3. The minimum Gasteiger partial charge on any atom is -0.465 e. The second kappa shape index (κ2) is 10.4. The highest BCUT2D eigenvalue weighted by Crippen LogP contribution is 2.63. The lowest BCUT2D eigenvalue weighted by Crippen LogP contribution is -2.60. The average molecular weight is 491 g/mol. The standard InChI is InChI=1S/C27H42N2O6/c1-7-9-10-11-18-34-24(33)20-19-22(31)28(16-12-17-30)21(27(19)14-13-26(20,6)35-27)23(32)29(15-8-2)25(3,4)5/h7-8,19-21,30H,1-2,9-18H2,3-6H3/t19-,20-,21?,26+,27?/m0/s1. The number of aliphatic hydroxyl groups excluding tert-OH is 1. The maximum atomic E-state index is 14.1. The molecule has 0 aliphatic carbocycles. The summed E-state index contributed by atoms with van der Waals surface area (Å²) in [6, 6.07) is -0.863. The fourth-order valence-electron chi connectivity index (χ4n) is 6.17. The van der Waals surface area contributed by atoms with Crippen molar-refractivity contribution in [2.75, 3.05) is 26.3 Å². The zero-order valence-electron chi connectivity index (χ0n) is 21.8. The van der Waals surface area contributed by atoms with Crippen LogP contribution in [0, 0.1) is 11.8 Å². The minimum atomic E-state index is -1.09. The summed E-state index contributed by atoms with van der Waals surface area (Å²) < 4.78 is 12.2. The van der Waals surface area contributed by atoms with Gasteiger partial charge in [0.1, 0.15) is 17.6 Å². The van der Waals surface area contributed by atoms with E-state index in [1.807, 2.05) is 33.8 Å². The average Bonchev–Trinajstić information content (AvgIpc) is 3.35. The van der Waals surface area contributed by atoms with Crippen LogP contribution in [0.25, 0.3) is 0 Å². The molecule has 1 spiro atoms. The molecule has 8 heteroatoms. The Morgan fingerprint density at radius 3 is 2.54 bits per heavy atom. The molecular weight excluding hydrogens is 448 g/mol. The number of ether oxygens (including phenoxy) is 2. The maximum absolute atomic E-state index is 14.1. The third-order valence-corrected chi connectivity index (χ3v) is 7.76. The van der Waals surface area contributed by atoms with Crippen LogP contribution in [0.5, 0.6) is 0 Å². The molecule has 35 heavy (non-hydrogen) atoms. The summed E-state index contributed by atoms with van der Waals surface area (Å²) in [5, 5.41) is 9.47. The number of carbonyl (C=O) groups is 3. The molecule has 0 saturated carbocycles. The summed E-state index contributed by atoms with van der Waals surface area (Å²) in [4.78, 5) is 44.5. The van der Waals surface area contributed by atoms with Crippen LogP contribution in [0.2, 0.25) is 0 Å². The number of unbranched alkanes of at least 4 members (excludes halogenated alkanes) is 2. The second-order valence-electron chi connectivity index (χ2n) is 11.2. The van der Waals surface area contributed by atoms with Crippen molar-refractivity contribution in [2.24, 2.45) is 11.8 Å². The van der Waals surface area contributed by atoms with Crippen LogP contribution in [-0.4, -0.2) is 81.8 Å². The fraction of sp³-hybridized carbons (Fsp3) is 0.741. The molecule has 0 radical (unpaired) electrons. The van der Waals surface area contributed by atoms with Crippen LogP contribution in [0.4, 0.5) is 0 Å². The Labute approximate surface area is 209 Å². The second-order valence-corrected chi connectivity index (χ2v) is 11.2.